The van der Waals surface area contributed by atoms with Crippen molar-refractivity contribution in [1.82, 2.24) is 0 Å². The number of hydrogen-bond donors (Lipinski definition) is 0. The first-order chi connectivity index (χ1) is 8.09. The molecule has 0 aliphatic heterocycles. The Morgan fingerprint density at radius 3 is 2.00 bits per heavy atom. The van der Waals surface area contributed by atoms with Gasteiger partial charge in [-0.1, -0.05) is 39.2 Å². The van der Waals surface area contributed by atoms with Gasteiger partial charge in [0.1, 0.15) is 5.60 Å². The monoisotopic (exact) mass is 238 g/mol. The van der Waals surface area contributed by atoms with Crippen molar-refractivity contribution in [3.8, 4) is 0 Å². The predicted octanol–water partition coefficient (Wildman–Crippen LogP) is 4.39. The number of ether oxygens (including phenoxy) is 1. The lowest BCUT2D eigenvalue weighted by atomic mass is 9.88. The molecule has 1 saturated carbocycles. The molecule has 2 nitrogen and oxygen atoms in total. The summed E-state index contributed by atoms with van der Waals surface area (Å²) >= 11 is 0. The van der Waals surface area contributed by atoms with Crippen LogP contribution in [0.25, 0.3) is 0 Å². The molecule has 0 N–H and O–H groups in total. The van der Waals surface area contributed by atoms with E-state index in [0.717, 1.165) is 19.3 Å². The van der Waals surface area contributed by atoms with Crippen molar-refractivity contribution in [2.45, 2.75) is 77.2 Å². The number of carbonyl (C=O) groups excluding carboxylic acids is 1. The molecule has 0 amide bonds. The summed E-state index contributed by atoms with van der Waals surface area (Å²) < 4.78 is 5.74. The summed E-state index contributed by atoms with van der Waals surface area (Å²) in [5.74, 6) is -0.217. The quantitative estimate of drug-likeness (QED) is 0.538. The molecule has 0 atom stereocenters. The maximum Gasteiger partial charge on any atom is 0.333 e. The summed E-state index contributed by atoms with van der Waals surface area (Å²) in [5, 5.41) is 0. The Morgan fingerprint density at radius 2 is 1.59 bits per heavy atom. The largest absolute Gasteiger partial charge is 0.456 e. The minimum absolute atomic E-state index is 0.217. The Bertz CT molecular complexity index is 258. The maximum atomic E-state index is 11.7. The minimum Gasteiger partial charge on any atom is -0.456 e. The van der Waals surface area contributed by atoms with Crippen LogP contribution in [-0.2, 0) is 9.53 Å². The van der Waals surface area contributed by atoms with Gasteiger partial charge >= 0.3 is 5.97 Å². The second kappa shape index (κ2) is 6.83. The Labute approximate surface area is 105 Å². The van der Waals surface area contributed by atoms with Crippen LogP contribution in [0, 0.1) is 0 Å². The highest BCUT2D eigenvalue weighted by molar-refractivity contribution is 5.87. The van der Waals surface area contributed by atoms with E-state index in [-0.39, 0.29) is 11.6 Å². The Balaban J connectivity index is 2.67. The molecule has 2 heteroatoms. The van der Waals surface area contributed by atoms with Gasteiger partial charge < -0.3 is 4.74 Å². The molecule has 98 valence electrons. The van der Waals surface area contributed by atoms with Gasteiger partial charge in [0.15, 0.2) is 0 Å². The van der Waals surface area contributed by atoms with E-state index in [2.05, 4.69) is 13.5 Å². The second-order valence-corrected chi connectivity index (χ2v) is 5.33. The zero-order valence-corrected chi connectivity index (χ0v) is 11.4. The second-order valence-electron chi connectivity index (χ2n) is 5.33. The van der Waals surface area contributed by atoms with Crippen LogP contribution in [0.3, 0.4) is 0 Å². The Morgan fingerprint density at radius 1 is 1.12 bits per heavy atom. The van der Waals surface area contributed by atoms with Crippen LogP contribution in [0.1, 0.15) is 71.6 Å². The average Bonchev–Trinajstić information content (AvgIpc) is 2.41. The molecule has 0 radical (unpaired) electrons. The number of hydrogen-bond acceptors (Lipinski definition) is 2. The van der Waals surface area contributed by atoms with Crippen molar-refractivity contribution in [3.63, 3.8) is 0 Å². The van der Waals surface area contributed by atoms with Gasteiger partial charge in [0.05, 0.1) is 0 Å². The highest BCUT2D eigenvalue weighted by Gasteiger charge is 2.32. The van der Waals surface area contributed by atoms with Crippen LogP contribution in [0.4, 0.5) is 0 Å². The zero-order valence-electron chi connectivity index (χ0n) is 11.4. The van der Waals surface area contributed by atoms with Crippen molar-refractivity contribution >= 4 is 5.97 Å². The molecule has 1 aliphatic rings. The lowest BCUT2D eigenvalue weighted by Gasteiger charge is -2.32. The zero-order chi connectivity index (χ0) is 12.7. The smallest absolute Gasteiger partial charge is 0.333 e. The van der Waals surface area contributed by atoms with Gasteiger partial charge in [0, 0.05) is 5.57 Å². The van der Waals surface area contributed by atoms with Crippen molar-refractivity contribution in [2.75, 3.05) is 0 Å². The van der Waals surface area contributed by atoms with Crippen molar-refractivity contribution in [1.29, 1.82) is 0 Å². The highest BCUT2D eigenvalue weighted by Crippen LogP contribution is 2.32. The van der Waals surface area contributed by atoms with E-state index in [4.69, 9.17) is 4.74 Å². The lowest BCUT2D eigenvalue weighted by Crippen LogP contribution is -2.34. The van der Waals surface area contributed by atoms with Crippen LogP contribution in [0.15, 0.2) is 12.2 Å². The summed E-state index contributed by atoms with van der Waals surface area (Å²) in [6, 6.07) is 0. The molecular formula is C15H26O2. The number of rotatable bonds is 3. The van der Waals surface area contributed by atoms with Gasteiger partial charge in [-0.2, -0.15) is 0 Å². The van der Waals surface area contributed by atoms with Crippen LogP contribution in [0.2, 0.25) is 0 Å². The van der Waals surface area contributed by atoms with Gasteiger partial charge in [-0.05, 0) is 39.0 Å². The van der Waals surface area contributed by atoms with Crippen LogP contribution >= 0.6 is 0 Å². The van der Waals surface area contributed by atoms with E-state index in [1.54, 1.807) is 6.92 Å². The molecule has 0 aromatic rings. The number of esters is 1. The molecule has 0 spiro atoms. The molecule has 0 unspecified atom stereocenters. The van der Waals surface area contributed by atoms with Crippen LogP contribution < -0.4 is 0 Å². The first kappa shape index (κ1) is 14.3. The fourth-order valence-corrected chi connectivity index (χ4v) is 2.54. The van der Waals surface area contributed by atoms with E-state index in [9.17, 15) is 4.79 Å². The first-order valence-electron chi connectivity index (χ1n) is 6.98. The van der Waals surface area contributed by atoms with Crippen molar-refractivity contribution in [3.05, 3.63) is 12.2 Å². The molecule has 17 heavy (non-hydrogen) atoms. The van der Waals surface area contributed by atoms with Gasteiger partial charge in [-0.3, -0.25) is 0 Å². The summed E-state index contributed by atoms with van der Waals surface area (Å²) in [7, 11) is 0. The van der Waals surface area contributed by atoms with Crippen LogP contribution in [-0.4, -0.2) is 11.6 Å². The molecule has 1 rings (SSSR count). The summed E-state index contributed by atoms with van der Waals surface area (Å²) in [5.41, 5.74) is 0.290. The maximum absolute atomic E-state index is 11.7. The van der Waals surface area contributed by atoms with Crippen molar-refractivity contribution < 1.29 is 9.53 Å². The summed E-state index contributed by atoms with van der Waals surface area (Å²) in [6.07, 6.45) is 10.5. The lowest BCUT2D eigenvalue weighted by molar-refractivity contribution is -0.157. The molecule has 1 fully saturated rings. The summed E-state index contributed by atoms with van der Waals surface area (Å²) in [6.45, 7) is 7.52. The van der Waals surface area contributed by atoms with Crippen molar-refractivity contribution in [2.24, 2.45) is 0 Å². The van der Waals surface area contributed by atoms with Crippen LogP contribution in [0.5, 0.6) is 0 Å². The Hall–Kier alpha value is -0.790. The standard InChI is InChI=1S/C15H26O2/c1-4-15(17-14(16)13(2)3)11-9-7-5-6-8-10-12-15/h2,4-12H2,1,3H3. The minimum atomic E-state index is -0.222. The molecule has 1 aliphatic carbocycles. The topological polar surface area (TPSA) is 26.3 Å². The first-order valence-corrected chi connectivity index (χ1v) is 6.98. The van der Waals surface area contributed by atoms with E-state index in [1.165, 1.54) is 38.5 Å². The highest BCUT2D eigenvalue weighted by atomic mass is 16.6. The van der Waals surface area contributed by atoms with E-state index in [0.29, 0.717) is 5.57 Å². The molecule has 0 saturated heterocycles. The van der Waals surface area contributed by atoms with Gasteiger partial charge in [-0.25, -0.2) is 4.79 Å². The van der Waals surface area contributed by atoms with Gasteiger partial charge in [0.25, 0.3) is 0 Å². The third-order valence-corrected chi connectivity index (χ3v) is 3.82. The molecule has 0 bridgehead atoms. The van der Waals surface area contributed by atoms with Gasteiger partial charge in [0.2, 0.25) is 0 Å². The fraction of sp³-hybridized carbons (Fsp3) is 0.800. The normalized spacial score (nSPS) is 20.8. The van der Waals surface area contributed by atoms with E-state index < -0.39 is 0 Å². The Kier molecular flexibility index (Phi) is 5.73. The third kappa shape index (κ3) is 4.53. The summed E-state index contributed by atoms with van der Waals surface area (Å²) in [4.78, 5) is 11.7. The third-order valence-electron chi connectivity index (χ3n) is 3.82. The number of carbonyl (C=O) groups is 1. The molecule has 0 heterocycles. The van der Waals surface area contributed by atoms with Gasteiger partial charge in [-0.15, -0.1) is 0 Å². The fourth-order valence-electron chi connectivity index (χ4n) is 2.54. The SMILES string of the molecule is C=C(C)C(=O)OC1(CC)CCCCCCCC1. The molecule has 0 aromatic heterocycles. The molecule has 0 aromatic carbocycles. The average molecular weight is 238 g/mol. The molecular weight excluding hydrogens is 212 g/mol. The predicted molar refractivity (Wildman–Crippen MR) is 70.9 cm³/mol. The van der Waals surface area contributed by atoms with E-state index in [1.807, 2.05) is 0 Å². The van der Waals surface area contributed by atoms with E-state index >= 15 is 0 Å².